The van der Waals surface area contributed by atoms with Gasteiger partial charge in [-0.15, -0.1) is 0 Å². The van der Waals surface area contributed by atoms with Crippen molar-refractivity contribution in [2.24, 2.45) is 0 Å². The number of aromatic nitrogens is 1. The van der Waals surface area contributed by atoms with E-state index in [2.05, 4.69) is 4.98 Å². The van der Waals surface area contributed by atoms with Gasteiger partial charge in [0.2, 0.25) is 0 Å². The average molecular weight is 223 g/mol. The summed E-state index contributed by atoms with van der Waals surface area (Å²) >= 11 is 0. The largest absolute Gasteiger partial charge is 1.00 e. The second-order valence-electron chi connectivity index (χ2n) is 1.72. The zero-order chi connectivity index (χ0) is 7.56. The summed E-state index contributed by atoms with van der Waals surface area (Å²) in [6.45, 7) is 0. The van der Waals surface area contributed by atoms with Crippen molar-refractivity contribution in [3.8, 4) is 0 Å². The van der Waals surface area contributed by atoms with E-state index in [0.717, 1.165) is 0 Å². The molecule has 0 unspecified atom stereocenters. The van der Waals surface area contributed by atoms with Crippen molar-refractivity contribution < 1.29 is 68.1 Å². The molecule has 1 heterocycles. The number of rotatable bonds is 1. The summed E-state index contributed by atoms with van der Waals surface area (Å²) in [5.41, 5.74) is 5.12. The zero-order valence-electron chi connectivity index (χ0n) is 6.07. The van der Waals surface area contributed by atoms with Crippen molar-refractivity contribution in [3.05, 3.63) is 23.9 Å². The van der Waals surface area contributed by atoms with Gasteiger partial charge in [-0.1, -0.05) is 0 Å². The van der Waals surface area contributed by atoms with Crippen LogP contribution in [0.25, 0.3) is 0 Å². The number of nitrogen functional groups attached to an aromatic ring is 1. The van der Waals surface area contributed by atoms with Gasteiger partial charge >= 0.3 is 58.2 Å². The molecule has 11 heavy (non-hydrogen) atoms. The van der Waals surface area contributed by atoms with Crippen molar-refractivity contribution in [1.82, 2.24) is 4.98 Å². The Morgan fingerprint density at radius 3 is 2.64 bits per heavy atom. The number of carboxylic acid groups (broad SMARTS) is 1. The van der Waals surface area contributed by atoms with Crippen molar-refractivity contribution in [2.75, 3.05) is 5.73 Å². The van der Waals surface area contributed by atoms with Crippen LogP contribution < -0.4 is 69.0 Å². The summed E-state index contributed by atoms with van der Waals surface area (Å²) in [5, 5.41) is 10.2. The molecule has 5 heteroatoms. The van der Waals surface area contributed by atoms with Crippen molar-refractivity contribution in [3.63, 3.8) is 0 Å². The van der Waals surface area contributed by atoms with Gasteiger partial charge in [-0.2, -0.15) is 0 Å². The molecule has 0 amide bonds. The van der Waals surface area contributed by atoms with E-state index >= 15 is 0 Å². The SMILES string of the molecule is Nc1ncccc1C(=O)[O-].[Rb+]. The third-order valence-corrected chi connectivity index (χ3v) is 1.06. The second-order valence-corrected chi connectivity index (χ2v) is 1.72. The second kappa shape index (κ2) is 4.98. The first kappa shape index (κ1) is 11.2. The molecule has 0 atom stereocenters. The molecule has 1 rings (SSSR count). The van der Waals surface area contributed by atoms with Crippen LogP contribution in [0.5, 0.6) is 0 Å². The molecule has 0 radical (unpaired) electrons. The molecule has 0 aliphatic carbocycles. The quantitative estimate of drug-likeness (QED) is 0.526. The summed E-state index contributed by atoms with van der Waals surface area (Å²) in [6, 6.07) is 2.83. The standard InChI is InChI=1S/C6H6N2O2.Rb/c7-5-4(6(9)10)2-1-3-8-5;/h1-3H,(H2,7,8)(H,9,10);/q;+1/p-1. The molecule has 2 N–H and O–H groups in total. The number of pyridine rings is 1. The van der Waals surface area contributed by atoms with Gasteiger partial charge in [-0.05, 0) is 12.1 Å². The van der Waals surface area contributed by atoms with Crippen LogP contribution in [0.15, 0.2) is 18.3 Å². The fraction of sp³-hybridized carbons (Fsp3) is 0. The predicted molar refractivity (Wildman–Crippen MR) is 33.0 cm³/mol. The number of carboxylic acids is 1. The Hall–Kier alpha value is 0.225. The predicted octanol–water partition coefficient (Wildman–Crippen LogP) is -3.97. The van der Waals surface area contributed by atoms with Gasteiger partial charge in [-0.3, -0.25) is 0 Å². The number of aromatic carboxylic acids is 1. The third-order valence-electron chi connectivity index (χ3n) is 1.06. The first-order valence-corrected chi connectivity index (χ1v) is 2.63. The maximum absolute atomic E-state index is 10.2. The van der Waals surface area contributed by atoms with Crippen molar-refractivity contribution in [2.45, 2.75) is 0 Å². The van der Waals surface area contributed by atoms with Crippen LogP contribution >= 0.6 is 0 Å². The number of carbonyl (C=O) groups excluding carboxylic acids is 1. The Balaban J connectivity index is 0.000001000. The van der Waals surface area contributed by atoms with Crippen LogP contribution in [-0.4, -0.2) is 11.0 Å². The summed E-state index contributed by atoms with van der Waals surface area (Å²) in [6.07, 6.45) is 1.42. The van der Waals surface area contributed by atoms with Gasteiger partial charge in [0.15, 0.2) is 0 Å². The maximum atomic E-state index is 10.2. The van der Waals surface area contributed by atoms with Crippen LogP contribution in [0, 0.1) is 0 Å². The molecule has 1 aromatic rings. The summed E-state index contributed by atoms with van der Waals surface area (Å²) < 4.78 is 0. The first-order valence-electron chi connectivity index (χ1n) is 2.63. The number of hydrogen-bond donors (Lipinski definition) is 1. The topological polar surface area (TPSA) is 79.0 Å². The number of carbonyl (C=O) groups is 1. The van der Waals surface area contributed by atoms with E-state index in [-0.39, 0.29) is 69.6 Å². The van der Waals surface area contributed by atoms with Crippen LogP contribution in [0.2, 0.25) is 0 Å². The van der Waals surface area contributed by atoms with Gasteiger partial charge in [0.05, 0.1) is 5.97 Å². The van der Waals surface area contributed by atoms with Crippen LogP contribution in [0.1, 0.15) is 10.4 Å². The van der Waals surface area contributed by atoms with Gasteiger partial charge in [0.25, 0.3) is 0 Å². The molecule has 52 valence electrons. The molecule has 0 spiro atoms. The van der Waals surface area contributed by atoms with Gasteiger partial charge in [-0.25, -0.2) is 4.98 Å². The molecule has 0 aromatic carbocycles. The zero-order valence-corrected chi connectivity index (χ0v) is 11.0. The Kier molecular flexibility index (Phi) is 5.08. The summed E-state index contributed by atoms with van der Waals surface area (Å²) in [5.74, 6) is -1.31. The molecule has 0 bridgehead atoms. The molecular formula is C6H5N2O2Rb. The number of hydrogen-bond acceptors (Lipinski definition) is 4. The fourth-order valence-corrected chi connectivity index (χ4v) is 0.590. The minimum Gasteiger partial charge on any atom is -0.545 e. The third kappa shape index (κ3) is 2.98. The molecule has 0 fully saturated rings. The number of anilines is 1. The van der Waals surface area contributed by atoms with E-state index in [1.54, 1.807) is 0 Å². The Bertz CT molecular complexity index is 265. The van der Waals surface area contributed by atoms with E-state index in [0.29, 0.717) is 0 Å². The van der Waals surface area contributed by atoms with E-state index in [1.807, 2.05) is 0 Å². The smallest absolute Gasteiger partial charge is 0.545 e. The van der Waals surface area contributed by atoms with E-state index in [9.17, 15) is 9.90 Å². The summed E-state index contributed by atoms with van der Waals surface area (Å²) in [4.78, 5) is 13.7. The van der Waals surface area contributed by atoms with E-state index < -0.39 is 5.97 Å². The average Bonchev–Trinajstić information content (AvgIpc) is 1.88. The molecule has 0 saturated heterocycles. The Morgan fingerprint density at radius 1 is 1.64 bits per heavy atom. The Morgan fingerprint density at radius 2 is 2.27 bits per heavy atom. The first-order chi connectivity index (χ1) is 4.72. The van der Waals surface area contributed by atoms with Crippen LogP contribution in [-0.2, 0) is 0 Å². The normalized spacial score (nSPS) is 8.36. The van der Waals surface area contributed by atoms with Crippen LogP contribution in [0.4, 0.5) is 5.82 Å². The Labute approximate surface area is 113 Å². The molecule has 4 nitrogen and oxygen atoms in total. The van der Waals surface area contributed by atoms with Gasteiger partial charge in [0, 0.05) is 11.8 Å². The van der Waals surface area contributed by atoms with Crippen LogP contribution in [0.3, 0.4) is 0 Å². The molecular weight excluding hydrogens is 218 g/mol. The van der Waals surface area contributed by atoms with Crippen molar-refractivity contribution in [1.29, 1.82) is 0 Å². The minimum atomic E-state index is -1.30. The molecule has 1 aromatic heterocycles. The monoisotopic (exact) mass is 222 g/mol. The van der Waals surface area contributed by atoms with E-state index in [1.165, 1.54) is 18.3 Å². The maximum Gasteiger partial charge on any atom is 1.00 e. The molecule has 0 saturated carbocycles. The molecule has 0 aliphatic rings. The fourth-order valence-electron chi connectivity index (χ4n) is 0.590. The van der Waals surface area contributed by atoms with Gasteiger partial charge in [0.1, 0.15) is 5.82 Å². The van der Waals surface area contributed by atoms with E-state index in [4.69, 9.17) is 5.73 Å². The summed E-state index contributed by atoms with van der Waals surface area (Å²) in [7, 11) is 0. The van der Waals surface area contributed by atoms with Crippen molar-refractivity contribution >= 4 is 11.8 Å². The minimum absolute atomic E-state index is 0. The molecule has 0 aliphatic heterocycles. The number of nitrogens with zero attached hydrogens (tertiary/aromatic N) is 1. The number of nitrogens with two attached hydrogens (primary N) is 1. The van der Waals surface area contributed by atoms with Gasteiger partial charge < -0.3 is 15.6 Å².